The third-order valence-corrected chi connectivity index (χ3v) is 11.4. The summed E-state index contributed by atoms with van der Waals surface area (Å²) >= 11 is 0. The topological polar surface area (TPSA) is 66.2 Å². The molecule has 1 aromatic carbocycles. The van der Waals surface area contributed by atoms with Gasteiger partial charge in [-0.3, -0.25) is 4.79 Å². The highest BCUT2D eigenvalue weighted by Crippen LogP contribution is 2.68. The van der Waals surface area contributed by atoms with Crippen LogP contribution in [0.25, 0.3) is 11.0 Å². The zero-order chi connectivity index (χ0) is 27.6. The number of ether oxygens (including phenoxy) is 2. The molecule has 1 aromatic heterocycles. The van der Waals surface area contributed by atoms with Crippen LogP contribution in [-0.2, 0) is 16.1 Å². The molecule has 214 valence electrons. The molecule has 0 radical (unpaired) electrons. The van der Waals surface area contributed by atoms with Gasteiger partial charge >= 0.3 is 6.36 Å². The minimum atomic E-state index is -4.77. The van der Waals surface area contributed by atoms with Crippen LogP contribution in [-0.4, -0.2) is 40.9 Å². The summed E-state index contributed by atoms with van der Waals surface area (Å²) in [5.41, 5.74) is 0.987. The largest absolute Gasteiger partial charge is 0.573 e. The van der Waals surface area contributed by atoms with E-state index in [0.29, 0.717) is 28.7 Å². The molecular weight excluding hydrogens is 507 g/mol. The molecule has 1 heterocycles. The summed E-state index contributed by atoms with van der Waals surface area (Å²) in [4.78, 5) is 15.0. The number of hydrogen-bond donors (Lipinski definition) is 0. The van der Waals surface area contributed by atoms with Gasteiger partial charge in [0.15, 0.2) is 5.78 Å². The van der Waals surface area contributed by atoms with Crippen molar-refractivity contribution >= 4 is 16.8 Å². The van der Waals surface area contributed by atoms with E-state index in [4.69, 9.17) is 4.74 Å². The van der Waals surface area contributed by atoms with E-state index in [1.54, 1.807) is 0 Å². The Bertz CT molecular complexity index is 1230. The van der Waals surface area contributed by atoms with Crippen molar-refractivity contribution in [3.8, 4) is 5.75 Å². The summed E-state index contributed by atoms with van der Waals surface area (Å²) < 4.78 is 47.7. The van der Waals surface area contributed by atoms with E-state index in [9.17, 15) is 18.0 Å². The maximum Gasteiger partial charge on any atom is 0.573 e. The molecule has 7 unspecified atom stereocenters. The molecule has 0 N–H and O–H groups in total. The first-order chi connectivity index (χ1) is 18.5. The predicted octanol–water partition coefficient (Wildman–Crippen LogP) is 6.82. The number of aromatic nitrogens is 3. The van der Waals surface area contributed by atoms with Crippen LogP contribution < -0.4 is 4.74 Å². The van der Waals surface area contributed by atoms with Crippen molar-refractivity contribution in [2.45, 2.75) is 84.5 Å². The number of carbonyl (C=O) groups is 1. The molecule has 2 aromatic rings. The van der Waals surface area contributed by atoms with Gasteiger partial charge < -0.3 is 9.47 Å². The van der Waals surface area contributed by atoms with Gasteiger partial charge in [0.1, 0.15) is 23.3 Å². The van der Waals surface area contributed by atoms with Gasteiger partial charge in [-0.1, -0.05) is 20.3 Å². The first kappa shape index (κ1) is 27.0. The highest BCUT2D eigenvalue weighted by molar-refractivity contribution is 5.82. The highest BCUT2D eigenvalue weighted by atomic mass is 19.4. The van der Waals surface area contributed by atoms with Crippen LogP contribution >= 0.6 is 0 Å². The van der Waals surface area contributed by atoms with Crippen molar-refractivity contribution in [3.63, 3.8) is 0 Å². The first-order valence-corrected chi connectivity index (χ1v) is 14.6. The lowest BCUT2D eigenvalue weighted by atomic mass is 9.44. The zero-order valence-electron chi connectivity index (χ0n) is 23.2. The van der Waals surface area contributed by atoms with Crippen LogP contribution in [0.5, 0.6) is 5.75 Å². The molecule has 0 amide bonds. The Labute approximate surface area is 228 Å². The lowest BCUT2D eigenvalue weighted by molar-refractivity contribution is -0.274. The maximum absolute atomic E-state index is 13.7. The van der Waals surface area contributed by atoms with E-state index in [1.807, 2.05) is 7.11 Å². The van der Waals surface area contributed by atoms with Crippen molar-refractivity contribution in [1.29, 1.82) is 0 Å². The number of fused-ring (bicyclic) bond motifs is 6. The number of Topliss-reactive ketones (excluding diaryl/α,β-unsaturated/α-hetero) is 1. The average molecular weight is 548 g/mol. The van der Waals surface area contributed by atoms with Gasteiger partial charge in [-0.25, -0.2) is 0 Å². The first-order valence-electron chi connectivity index (χ1n) is 14.6. The van der Waals surface area contributed by atoms with Gasteiger partial charge in [-0.15, -0.1) is 13.2 Å². The Balaban J connectivity index is 1.18. The summed E-state index contributed by atoms with van der Waals surface area (Å²) in [5, 5.41) is 8.68. The van der Waals surface area contributed by atoms with Crippen LogP contribution in [0.15, 0.2) is 18.2 Å². The molecule has 4 fully saturated rings. The molecule has 0 saturated heterocycles. The van der Waals surface area contributed by atoms with E-state index in [1.165, 1.54) is 61.5 Å². The molecule has 4 saturated carbocycles. The SMILES string of the molecule is COCC12CCC(C)CC1CCC1C2CCC2(C)C1CC[C@@H]2C(=O)Cn1nc2ccc(OC(F)(F)F)cc2n1. The minimum Gasteiger partial charge on any atom is -0.406 e. The highest BCUT2D eigenvalue weighted by Gasteiger charge is 2.62. The fourth-order valence-electron chi connectivity index (χ4n) is 9.80. The number of benzene rings is 1. The fourth-order valence-corrected chi connectivity index (χ4v) is 9.80. The lowest BCUT2D eigenvalue weighted by Crippen LogP contribution is -2.56. The van der Waals surface area contributed by atoms with Crippen molar-refractivity contribution < 1.29 is 27.4 Å². The second kappa shape index (κ2) is 9.74. The Kier molecular flexibility index (Phi) is 6.75. The van der Waals surface area contributed by atoms with E-state index < -0.39 is 6.36 Å². The van der Waals surface area contributed by atoms with Gasteiger partial charge in [0.05, 0.1) is 6.61 Å². The zero-order valence-corrected chi connectivity index (χ0v) is 23.2. The van der Waals surface area contributed by atoms with Gasteiger partial charge in [0.2, 0.25) is 0 Å². The van der Waals surface area contributed by atoms with Gasteiger partial charge in [-0.2, -0.15) is 15.0 Å². The fraction of sp³-hybridized carbons (Fsp3) is 0.767. The standard InChI is InChI=1S/C30H40F3N3O3/c1-18-10-13-29(17-38-3)19(14-18)4-6-21-22-7-8-24(28(22,2)12-11-23(21)29)27(37)16-36-34-25-9-5-20(15-26(25)35-36)39-30(31,32)33/h5,9,15,18-19,21-24H,4,6-8,10-14,16-17H2,1-3H3/t18?,19?,21?,22?,23?,24-,28?,29?/m1/s1. The number of halogens is 3. The third-order valence-electron chi connectivity index (χ3n) is 11.4. The number of ketones is 1. The number of hydrogen-bond acceptors (Lipinski definition) is 5. The quantitative estimate of drug-likeness (QED) is 0.397. The van der Waals surface area contributed by atoms with Crippen LogP contribution in [0, 0.1) is 46.3 Å². The van der Waals surface area contributed by atoms with Crippen molar-refractivity contribution in [2.75, 3.05) is 13.7 Å². The second-order valence-electron chi connectivity index (χ2n) is 13.3. The van der Waals surface area contributed by atoms with Crippen molar-refractivity contribution in [2.24, 2.45) is 46.3 Å². The second-order valence-corrected chi connectivity index (χ2v) is 13.3. The number of rotatable bonds is 6. The molecule has 4 aliphatic rings. The molecule has 0 bridgehead atoms. The Morgan fingerprint density at radius 3 is 2.62 bits per heavy atom. The molecule has 39 heavy (non-hydrogen) atoms. The van der Waals surface area contributed by atoms with Gasteiger partial charge in [0.25, 0.3) is 0 Å². The van der Waals surface area contributed by atoms with Crippen LogP contribution in [0.4, 0.5) is 13.2 Å². The smallest absolute Gasteiger partial charge is 0.406 e. The van der Waals surface area contributed by atoms with Gasteiger partial charge in [-0.05, 0) is 104 Å². The Morgan fingerprint density at radius 1 is 1.05 bits per heavy atom. The van der Waals surface area contributed by atoms with E-state index in [2.05, 4.69) is 28.8 Å². The normalized spacial score (nSPS) is 38.2. The summed E-state index contributed by atoms with van der Waals surface area (Å²) in [5.74, 6) is 3.20. The Hall–Kier alpha value is -2.16. The molecule has 9 heteroatoms. The molecule has 0 aliphatic heterocycles. The van der Waals surface area contributed by atoms with Crippen LogP contribution in [0.3, 0.4) is 0 Å². The molecule has 8 atom stereocenters. The third kappa shape index (κ3) is 4.66. The predicted molar refractivity (Wildman–Crippen MR) is 140 cm³/mol. The summed E-state index contributed by atoms with van der Waals surface area (Å²) in [6, 6.07) is 3.87. The molecule has 6 nitrogen and oxygen atoms in total. The molecular formula is C30H40F3N3O3. The Morgan fingerprint density at radius 2 is 1.85 bits per heavy atom. The number of methoxy groups -OCH3 is 1. The van der Waals surface area contributed by atoms with Crippen LogP contribution in [0.1, 0.15) is 71.6 Å². The van der Waals surface area contributed by atoms with Crippen LogP contribution in [0.2, 0.25) is 0 Å². The van der Waals surface area contributed by atoms with E-state index in [0.717, 1.165) is 37.7 Å². The summed E-state index contributed by atoms with van der Waals surface area (Å²) in [6.45, 7) is 5.65. The molecule has 0 spiro atoms. The summed E-state index contributed by atoms with van der Waals surface area (Å²) in [6.07, 6.45) is 5.88. The van der Waals surface area contributed by atoms with E-state index >= 15 is 0 Å². The molecule has 4 aliphatic carbocycles. The number of alkyl halides is 3. The monoisotopic (exact) mass is 547 g/mol. The molecule has 6 rings (SSSR count). The van der Waals surface area contributed by atoms with Crippen molar-refractivity contribution in [3.05, 3.63) is 18.2 Å². The average Bonchev–Trinajstić information content (AvgIpc) is 3.43. The van der Waals surface area contributed by atoms with E-state index in [-0.39, 0.29) is 34.9 Å². The summed E-state index contributed by atoms with van der Waals surface area (Å²) in [7, 11) is 1.86. The van der Waals surface area contributed by atoms with Gasteiger partial charge in [0, 0.05) is 19.1 Å². The minimum absolute atomic E-state index is 0.0262. The maximum atomic E-state index is 13.7. The number of carbonyl (C=O) groups excluding carboxylic acids is 1. The van der Waals surface area contributed by atoms with Crippen molar-refractivity contribution in [1.82, 2.24) is 15.0 Å². The number of nitrogens with zero attached hydrogens (tertiary/aromatic N) is 3. The lowest BCUT2D eigenvalue weighted by Gasteiger charge is -2.61.